The average Bonchev–Trinajstić information content (AvgIpc) is 2.45. The largest absolute Gasteiger partial charge is 0.299 e. The fourth-order valence-corrected chi connectivity index (χ4v) is 7.25. The first-order chi connectivity index (χ1) is 5.84. The van der Waals surface area contributed by atoms with E-state index < -0.39 is 0 Å². The van der Waals surface area contributed by atoms with Gasteiger partial charge in [-0.3, -0.25) is 4.79 Å². The van der Waals surface area contributed by atoms with Gasteiger partial charge in [0.2, 0.25) is 0 Å². The third-order valence-electron chi connectivity index (χ3n) is 6.99. The maximum Gasteiger partial charge on any atom is 0.140 e. The van der Waals surface area contributed by atoms with Crippen LogP contribution in [0.5, 0.6) is 0 Å². The fourth-order valence-electron chi connectivity index (χ4n) is 7.25. The molecule has 6 fully saturated rings. The van der Waals surface area contributed by atoms with Crippen LogP contribution in [0.1, 0.15) is 12.8 Å². The Labute approximate surface area is 70.5 Å². The lowest BCUT2D eigenvalue weighted by atomic mass is 9.39. The molecule has 2 spiro atoms. The van der Waals surface area contributed by atoms with Crippen molar-refractivity contribution in [1.82, 2.24) is 0 Å². The summed E-state index contributed by atoms with van der Waals surface area (Å²) in [6, 6.07) is 0. The van der Waals surface area contributed by atoms with Crippen LogP contribution >= 0.6 is 0 Å². The molecule has 12 heavy (non-hydrogen) atoms. The molecule has 8 unspecified atom stereocenters. The minimum Gasteiger partial charge on any atom is -0.299 e. The van der Waals surface area contributed by atoms with Gasteiger partial charge in [0.1, 0.15) is 5.78 Å². The van der Waals surface area contributed by atoms with Crippen molar-refractivity contribution in [1.29, 1.82) is 0 Å². The minimum atomic E-state index is 0.606. The van der Waals surface area contributed by atoms with Gasteiger partial charge >= 0.3 is 0 Å². The van der Waals surface area contributed by atoms with E-state index in [1.165, 1.54) is 12.8 Å². The molecule has 1 nitrogen and oxygen atoms in total. The average molecular weight is 158 g/mol. The lowest BCUT2D eigenvalue weighted by Gasteiger charge is -2.63. The molecule has 6 rings (SSSR count). The lowest BCUT2D eigenvalue weighted by Crippen LogP contribution is -2.62. The van der Waals surface area contributed by atoms with Gasteiger partial charge in [0, 0.05) is 11.8 Å². The predicted molar refractivity (Wildman–Crippen MR) is 40.0 cm³/mol. The second kappa shape index (κ2) is 0.830. The molecule has 0 aromatic rings. The molecule has 0 N–H and O–H groups in total. The minimum absolute atomic E-state index is 0.606. The molecule has 0 aromatic carbocycles. The van der Waals surface area contributed by atoms with Crippen LogP contribution in [0.25, 0.3) is 0 Å². The molecule has 0 heterocycles. The Morgan fingerprint density at radius 3 is 3.08 bits per heavy atom. The standard InChI is InChI=1S/C11H10O/c12-9-5-3-1-4-7(9)11-2-10(4,11)6(3)8(5)11/h3-8H,1-2H2. The zero-order chi connectivity index (χ0) is 7.46. The fraction of sp³-hybridized carbons (Fsp3) is 0.909. The van der Waals surface area contributed by atoms with E-state index in [4.69, 9.17) is 0 Å². The predicted octanol–water partition coefficient (Wildman–Crippen LogP) is 1.09. The van der Waals surface area contributed by atoms with E-state index >= 15 is 0 Å². The second-order valence-electron chi connectivity index (χ2n) is 6.22. The summed E-state index contributed by atoms with van der Waals surface area (Å²) in [5, 5.41) is 0. The van der Waals surface area contributed by atoms with Gasteiger partial charge in [-0.25, -0.2) is 0 Å². The Hall–Kier alpha value is -0.330. The molecule has 0 aromatic heterocycles. The molecule has 0 aliphatic heterocycles. The molecular formula is C11H10O. The van der Waals surface area contributed by atoms with Gasteiger partial charge in [-0.1, -0.05) is 0 Å². The van der Waals surface area contributed by atoms with Gasteiger partial charge in [-0.05, 0) is 47.3 Å². The molecule has 0 amide bonds. The van der Waals surface area contributed by atoms with E-state index in [-0.39, 0.29) is 0 Å². The van der Waals surface area contributed by atoms with Gasteiger partial charge in [0.25, 0.3) is 0 Å². The van der Waals surface area contributed by atoms with E-state index in [0.29, 0.717) is 17.3 Å². The van der Waals surface area contributed by atoms with Crippen molar-refractivity contribution in [3.8, 4) is 0 Å². The highest BCUT2D eigenvalue weighted by Crippen LogP contribution is 3.09. The summed E-state index contributed by atoms with van der Waals surface area (Å²) in [7, 11) is 0. The van der Waals surface area contributed by atoms with E-state index in [1.807, 2.05) is 0 Å². The van der Waals surface area contributed by atoms with Crippen LogP contribution in [0.15, 0.2) is 0 Å². The molecule has 0 bridgehead atoms. The number of Topliss-reactive ketones (excluding diaryl/α,β-unsaturated/α-hetero) is 1. The van der Waals surface area contributed by atoms with Crippen LogP contribution in [-0.2, 0) is 4.79 Å². The third kappa shape index (κ3) is 0.154. The maximum atomic E-state index is 11.9. The number of rotatable bonds is 0. The smallest absolute Gasteiger partial charge is 0.140 e. The number of carbonyl (C=O) groups is 1. The molecule has 6 aliphatic carbocycles. The Morgan fingerprint density at radius 1 is 1.25 bits per heavy atom. The molecule has 0 radical (unpaired) electrons. The number of carbonyl (C=O) groups excluding carboxylic acids is 1. The van der Waals surface area contributed by atoms with Crippen molar-refractivity contribution in [2.45, 2.75) is 12.8 Å². The molecule has 60 valence electrons. The number of ketones is 1. The molecular weight excluding hydrogens is 148 g/mol. The first-order valence-electron chi connectivity index (χ1n) is 5.38. The Morgan fingerprint density at radius 2 is 2.17 bits per heavy atom. The summed E-state index contributed by atoms with van der Waals surface area (Å²) in [5.74, 6) is 5.78. The summed E-state index contributed by atoms with van der Waals surface area (Å²) in [6.45, 7) is 0. The highest BCUT2D eigenvalue weighted by Gasteiger charge is 3.08. The van der Waals surface area contributed by atoms with Gasteiger partial charge in [-0.2, -0.15) is 0 Å². The van der Waals surface area contributed by atoms with Crippen molar-refractivity contribution in [2.75, 3.05) is 0 Å². The number of hydrogen-bond donors (Lipinski definition) is 0. The summed E-state index contributed by atoms with van der Waals surface area (Å²) >= 11 is 0. The molecule has 8 atom stereocenters. The highest BCUT2D eigenvalue weighted by molar-refractivity contribution is 5.97. The normalized spacial score (nSPS) is 93.2. The summed E-state index contributed by atoms with van der Waals surface area (Å²) in [6.07, 6.45) is 2.95. The number of hydrogen-bond acceptors (Lipinski definition) is 1. The first-order valence-corrected chi connectivity index (χ1v) is 5.38. The van der Waals surface area contributed by atoms with Crippen LogP contribution in [0.4, 0.5) is 0 Å². The van der Waals surface area contributed by atoms with Crippen LogP contribution in [0.3, 0.4) is 0 Å². The Kier molecular flexibility index (Phi) is 0.331. The van der Waals surface area contributed by atoms with Crippen molar-refractivity contribution in [3.05, 3.63) is 0 Å². The quantitative estimate of drug-likeness (QED) is 0.515. The SMILES string of the molecule is O=C1C2C3CC4C1C15CC41C3C25. The van der Waals surface area contributed by atoms with Crippen LogP contribution in [-0.4, -0.2) is 5.78 Å². The number of fused-ring (bicyclic) bond motifs is 2. The van der Waals surface area contributed by atoms with Crippen molar-refractivity contribution in [3.63, 3.8) is 0 Å². The van der Waals surface area contributed by atoms with Gasteiger partial charge in [0.05, 0.1) is 0 Å². The molecule has 6 saturated carbocycles. The van der Waals surface area contributed by atoms with Crippen molar-refractivity contribution >= 4 is 5.78 Å². The van der Waals surface area contributed by atoms with E-state index in [2.05, 4.69) is 0 Å². The highest BCUT2D eigenvalue weighted by atomic mass is 16.1. The molecule has 6 aliphatic rings. The lowest BCUT2D eigenvalue weighted by molar-refractivity contribution is -0.183. The van der Waals surface area contributed by atoms with Crippen LogP contribution in [0, 0.1) is 46.3 Å². The maximum absolute atomic E-state index is 11.9. The van der Waals surface area contributed by atoms with Crippen molar-refractivity contribution < 1.29 is 4.79 Å². The summed E-state index contributed by atoms with van der Waals surface area (Å²) < 4.78 is 0. The topological polar surface area (TPSA) is 17.1 Å². The summed E-state index contributed by atoms with van der Waals surface area (Å²) in [4.78, 5) is 11.9. The summed E-state index contributed by atoms with van der Waals surface area (Å²) in [5.41, 5.74) is 1.52. The van der Waals surface area contributed by atoms with Crippen LogP contribution < -0.4 is 0 Å². The van der Waals surface area contributed by atoms with Gasteiger partial charge in [-0.15, -0.1) is 0 Å². The second-order valence-corrected chi connectivity index (χ2v) is 6.22. The zero-order valence-corrected chi connectivity index (χ0v) is 6.79. The molecule has 0 saturated heterocycles. The monoisotopic (exact) mass is 158 g/mol. The van der Waals surface area contributed by atoms with Gasteiger partial charge in [0.15, 0.2) is 0 Å². The van der Waals surface area contributed by atoms with Crippen molar-refractivity contribution in [2.24, 2.45) is 46.3 Å². The Balaban J connectivity index is 1.87. The van der Waals surface area contributed by atoms with E-state index in [0.717, 1.165) is 34.9 Å². The van der Waals surface area contributed by atoms with E-state index in [9.17, 15) is 4.79 Å². The third-order valence-corrected chi connectivity index (χ3v) is 6.99. The first kappa shape index (κ1) is 4.78. The Bertz CT molecular complexity index is 400. The van der Waals surface area contributed by atoms with E-state index in [1.54, 1.807) is 0 Å². The van der Waals surface area contributed by atoms with Crippen LogP contribution in [0.2, 0.25) is 0 Å². The zero-order valence-electron chi connectivity index (χ0n) is 6.79. The van der Waals surface area contributed by atoms with Gasteiger partial charge < -0.3 is 0 Å². The molecule has 1 heteroatoms.